The molecule has 0 aromatic heterocycles. The van der Waals surface area contributed by atoms with Crippen molar-refractivity contribution >= 4 is 45.4 Å². The number of anilines is 1. The lowest BCUT2D eigenvalue weighted by Gasteiger charge is -2.08. The molecular weight excluding hydrogens is 514 g/mol. The highest BCUT2D eigenvalue weighted by Gasteiger charge is 2.14. The van der Waals surface area contributed by atoms with Crippen molar-refractivity contribution in [2.24, 2.45) is 5.10 Å². The van der Waals surface area contributed by atoms with Crippen molar-refractivity contribution in [3.8, 4) is 5.75 Å². The summed E-state index contributed by atoms with van der Waals surface area (Å²) in [5.74, 6) is -0.712. The largest absolute Gasteiger partial charge is 0.423 e. The number of benzene rings is 4. The van der Waals surface area contributed by atoms with Gasteiger partial charge in [-0.2, -0.15) is 5.10 Å². The van der Waals surface area contributed by atoms with Crippen LogP contribution in [0.3, 0.4) is 0 Å². The minimum Gasteiger partial charge on any atom is -0.423 e. The second-order valence-corrected chi connectivity index (χ2v) is 9.78. The molecule has 0 radical (unpaired) electrons. The molecule has 4 aromatic rings. The molecule has 0 bridgehead atoms. The van der Waals surface area contributed by atoms with E-state index in [1.807, 2.05) is 0 Å². The maximum Gasteiger partial charge on any atom is 0.343 e. The molecule has 186 valence electrons. The molecule has 1 amide bonds. The van der Waals surface area contributed by atoms with Gasteiger partial charge in [0.2, 0.25) is 0 Å². The van der Waals surface area contributed by atoms with Gasteiger partial charge in [0.15, 0.2) is 0 Å². The molecule has 0 unspecified atom stereocenters. The summed E-state index contributed by atoms with van der Waals surface area (Å²) < 4.78 is 32.7. The molecule has 0 saturated heterocycles. The molecule has 2 N–H and O–H groups in total. The predicted molar refractivity (Wildman–Crippen MR) is 142 cm³/mol. The fourth-order valence-corrected chi connectivity index (χ4v) is 4.35. The Labute approximate surface area is 218 Å². The van der Waals surface area contributed by atoms with Crippen molar-refractivity contribution in [3.05, 3.63) is 125 Å². The number of ether oxygens (including phenoxy) is 1. The first kappa shape index (κ1) is 25.6. The van der Waals surface area contributed by atoms with E-state index < -0.39 is 21.9 Å². The van der Waals surface area contributed by atoms with Crippen LogP contribution >= 0.6 is 11.6 Å². The van der Waals surface area contributed by atoms with Crippen LogP contribution in [-0.2, 0) is 10.0 Å². The van der Waals surface area contributed by atoms with E-state index in [2.05, 4.69) is 15.2 Å². The summed E-state index contributed by atoms with van der Waals surface area (Å²) in [6.45, 7) is 0. The van der Waals surface area contributed by atoms with E-state index in [-0.39, 0.29) is 10.5 Å². The summed E-state index contributed by atoms with van der Waals surface area (Å²) in [5, 5.41) is 4.45. The highest BCUT2D eigenvalue weighted by molar-refractivity contribution is 7.92. The Morgan fingerprint density at radius 3 is 2.19 bits per heavy atom. The number of hydrazone groups is 1. The van der Waals surface area contributed by atoms with Gasteiger partial charge in [-0.1, -0.05) is 41.9 Å². The number of nitrogens with zero attached hydrogens (tertiary/aromatic N) is 1. The predicted octanol–water partition coefficient (Wildman–Crippen LogP) is 5.12. The molecule has 0 aliphatic heterocycles. The number of hydrogen-bond donors (Lipinski definition) is 2. The van der Waals surface area contributed by atoms with Crippen LogP contribution in [0.2, 0.25) is 5.02 Å². The van der Waals surface area contributed by atoms with Crippen LogP contribution in [0, 0.1) is 0 Å². The summed E-state index contributed by atoms with van der Waals surface area (Å²) in [7, 11) is -3.73. The van der Waals surface area contributed by atoms with Gasteiger partial charge in [0.05, 0.1) is 16.7 Å². The topological polar surface area (TPSA) is 114 Å². The van der Waals surface area contributed by atoms with Crippen molar-refractivity contribution in [1.82, 2.24) is 5.43 Å². The standard InChI is InChI=1S/C27H20ClN3O5S/c28-22-13-9-21(10-14-22)27(33)36-24-6-4-5-19(17-24)18-29-30-26(32)20-11-15-23(16-12-20)31-37(34,35)25-7-2-1-3-8-25/h1-18,31H,(H,30,32)/b29-18-. The molecule has 37 heavy (non-hydrogen) atoms. The second-order valence-electron chi connectivity index (χ2n) is 7.66. The van der Waals surface area contributed by atoms with Crippen molar-refractivity contribution in [3.63, 3.8) is 0 Å². The van der Waals surface area contributed by atoms with E-state index in [9.17, 15) is 18.0 Å². The zero-order valence-electron chi connectivity index (χ0n) is 19.2. The minimum atomic E-state index is -3.73. The van der Waals surface area contributed by atoms with E-state index in [0.29, 0.717) is 27.6 Å². The van der Waals surface area contributed by atoms with Gasteiger partial charge in [-0.3, -0.25) is 9.52 Å². The molecule has 0 aliphatic carbocycles. The molecule has 0 saturated carbocycles. The Hall–Kier alpha value is -4.47. The van der Waals surface area contributed by atoms with E-state index in [0.717, 1.165) is 0 Å². The highest BCUT2D eigenvalue weighted by Crippen LogP contribution is 2.17. The fraction of sp³-hybridized carbons (Fsp3) is 0. The van der Waals surface area contributed by atoms with Crippen LogP contribution in [0.1, 0.15) is 26.3 Å². The first-order valence-electron chi connectivity index (χ1n) is 10.9. The number of rotatable bonds is 8. The van der Waals surface area contributed by atoms with Crippen LogP contribution in [0.25, 0.3) is 0 Å². The van der Waals surface area contributed by atoms with E-state index in [4.69, 9.17) is 16.3 Å². The Kier molecular flexibility index (Phi) is 7.97. The summed E-state index contributed by atoms with van der Waals surface area (Å²) >= 11 is 5.84. The van der Waals surface area contributed by atoms with Crippen molar-refractivity contribution in [2.75, 3.05) is 4.72 Å². The van der Waals surface area contributed by atoms with Crippen molar-refractivity contribution in [2.45, 2.75) is 4.90 Å². The lowest BCUT2D eigenvalue weighted by molar-refractivity contribution is 0.0734. The molecule has 0 fully saturated rings. The quantitative estimate of drug-likeness (QED) is 0.141. The fourth-order valence-electron chi connectivity index (χ4n) is 3.14. The minimum absolute atomic E-state index is 0.134. The zero-order chi connectivity index (χ0) is 26.3. The van der Waals surface area contributed by atoms with Gasteiger partial charge in [-0.05, 0) is 78.4 Å². The Morgan fingerprint density at radius 2 is 1.49 bits per heavy atom. The van der Waals surface area contributed by atoms with Crippen LogP contribution in [0.15, 0.2) is 113 Å². The molecule has 10 heteroatoms. The van der Waals surface area contributed by atoms with Gasteiger partial charge in [0, 0.05) is 16.3 Å². The van der Waals surface area contributed by atoms with Gasteiger partial charge in [-0.15, -0.1) is 0 Å². The van der Waals surface area contributed by atoms with E-state index in [1.54, 1.807) is 66.7 Å². The van der Waals surface area contributed by atoms with Crippen molar-refractivity contribution < 1.29 is 22.7 Å². The molecular formula is C27H20ClN3O5S. The van der Waals surface area contributed by atoms with E-state index in [1.165, 1.54) is 42.6 Å². The molecule has 4 aromatic carbocycles. The molecule has 8 nitrogen and oxygen atoms in total. The van der Waals surface area contributed by atoms with Gasteiger partial charge < -0.3 is 4.74 Å². The van der Waals surface area contributed by atoms with Crippen molar-refractivity contribution in [1.29, 1.82) is 0 Å². The molecule has 0 spiro atoms. The highest BCUT2D eigenvalue weighted by atomic mass is 35.5. The Bertz CT molecular complexity index is 1540. The SMILES string of the molecule is O=C(N/N=C\c1cccc(OC(=O)c2ccc(Cl)cc2)c1)c1ccc(NS(=O)(=O)c2ccccc2)cc1. The third kappa shape index (κ3) is 7.03. The zero-order valence-corrected chi connectivity index (χ0v) is 20.7. The number of carbonyl (C=O) groups excluding carboxylic acids is 2. The summed E-state index contributed by atoms with van der Waals surface area (Å²) in [5.41, 5.74) is 3.95. The average Bonchev–Trinajstić information content (AvgIpc) is 2.90. The van der Waals surface area contributed by atoms with Gasteiger partial charge >= 0.3 is 5.97 Å². The number of nitrogens with one attached hydrogen (secondary N) is 2. The average molecular weight is 534 g/mol. The molecule has 0 atom stereocenters. The third-order valence-electron chi connectivity index (χ3n) is 4.98. The Balaban J connectivity index is 1.33. The van der Waals surface area contributed by atoms with Crippen LogP contribution < -0.4 is 14.9 Å². The third-order valence-corrected chi connectivity index (χ3v) is 6.63. The molecule has 0 aliphatic rings. The summed E-state index contributed by atoms with van der Waals surface area (Å²) in [6.07, 6.45) is 1.40. The molecule has 4 rings (SSSR count). The number of esters is 1. The number of hydrogen-bond acceptors (Lipinski definition) is 6. The number of halogens is 1. The lowest BCUT2D eigenvalue weighted by Crippen LogP contribution is -2.18. The lowest BCUT2D eigenvalue weighted by atomic mass is 10.2. The maximum atomic E-state index is 12.4. The smallest absolute Gasteiger partial charge is 0.343 e. The second kappa shape index (κ2) is 11.5. The first-order chi connectivity index (χ1) is 17.8. The van der Waals surface area contributed by atoms with Gasteiger partial charge in [0.25, 0.3) is 15.9 Å². The normalized spacial score (nSPS) is 11.2. The monoisotopic (exact) mass is 533 g/mol. The number of sulfonamides is 1. The number of carbonyl (C=O) groups is 2. The number of amides is 1. The van der Waals surface area contributed by atoms with Crippen LogP contribution in [0.5, 0.6) is 5.75 Å². The maximum absolute atomic E-state index is 12.4. The molecule has 0 heterocycles. The van der Waals surface area contributed by atoms with Gasteiger partial charge in [-0.25, -0.2) is 18.6 Å². The van der Waals surface area contributed by atoms with E-state index >= 15 is 0 Å². The summed E-state index contributed by atoms with van der Waals surface area (Å²) in [6, 6.07) is 26.8. The van der Waals surface area contributed by atoms with Crippen LogP contribution in [-0.4, -0.2) is 26.5 Å². The van der Waals surface area contributed by atoms with Crippen LogP contribution in [0.4, 0.5) is 5.69 Å². The Morgan fingerprint density at radius 1 is 0.811 bits per heavy atom. The summed E-state index contributed by atoms with van der Waals surface area (Å²) in [4.78, 5) is 24.8. The first-order valence-corrected chi connectivity index (χ1v) is 12.8. The van der Waals surface area contributed by atoms with Gasteiger partial charge in [0.1, 0.15) is 5.75 Å².